The van der Waals surface area contributed by atoms with Gasteiger partial charge in [0.15, 0.2) is 11.5 Å². The van der Waals surface area contributed by atoms with Crippen LogP contribution in [0.3, 0.4) is 0 Å². The van der Waals surface area contributed by atoms with Gasteiger partial charge >= 0.3 is 0 Å². The molecule has 1 aromatic carbocycles. The van der Waals surface area contributed by atoms with Crippen molar-refractivity contribution in [2.75, 3.05) is 13.3 Å². The summed E-state index contributed by atoms with van der Waals surface area (Å²) in [7, 11) is 0. The van der Waals surface area contributed by atoms with Crippen molar-refractivity contribution in [3.05, 3.63) is 45.6 Å². The summed E-state index contributed by atoms with van der Waals surface area (Å²) in [6.45, 7) is 3.09. The number of nitrogens with zero attached hydrogens (tertiary/aromatic N) is 1. The summed E-state index contributed by atoms with van der Waals surface area (Å²) in [6, 6.07) is 7.65. The zero-order valence-corrected chi connectivity index (χ0v) is 12.5. The largest absolute Gasteiger partial charge is 0.454 e. The lowest BCUT2D eigenvalue weighted by molar-refractivity contribution is 0.0679. The summed E-state index contributed by atoms with van der Waals surface area (Å²) in [4.78, 5) is 16.1. The highest BCUT2D eigenvalue weighted by molar-refractivity contribution is 7.10. The molecule has 1 atom stereocenters. The van der Waals surface area contributed by atoms with Gasteiger partial charge in [-0.15, -0.1) is 11.3 Å². The third-order valence-corrected chi connectivity index (χ3v) is 5.15. The zero-order chi connectivity index (χ0) is 14.4. The molecule has 1 amide bonds. The van der Waals surface area contributed by atoms with Gasteiger partial charge in [-0.2, -0.15) is 0 Å². The highest BCUT2D eigenvalue weighted by atomic mass is 32.1. The quantitative estimate of drug-likeness (QED) is 0.811. The van der Waals surface area contributed by atoms with Gasteiger partial charge in [0.2, 0.25) is 6.79 Å². The fourth-order valence-electron chi connectivity index (χ4n) is 2.98. The Morgan fingerprint density at radius 2 is 2.14 bits per heavy atom. The Kier molecular flexibility index (Phi) is 2.89. The SMILES string of the molecule is C[C@@H]1c2ccsc2CCN1C(=O)c1ccc2c(c1)OCO2. The van der Waals surface area contributed by atoms with E-state index in [2.05, 4.69) is 18.4 Å². The lowest BCUT2D eigenvalue weighted by Gasteiger charge is -2.33. The maximum Gasteiger partial charge on any atom is 0.254 e. The van der Waals surface area contributed by atoms with E-state index in [1.807, 2.05) is 11.0 Å². The zero-order valence-electron chi connectivity index (χ0n) is 11.7. The number of thiophene rings is 1. The Bertz CT molecular complexity index is 709. The topological polar surface area (TPSA) is 38.8 Å². The molecule has 0 saturated carbocycles. The average molecular weight is 301 g/mol. The van der Waals surface area contributed by atoms with Crippen LogP contribution < -0.4 is 9.47 Å². The van der Waals surface area contributed by atoms with E-state index in [4.69, 9.17) is 9.47 Å². The summed E-state index contributed by atoms with van der Waals surface area (Å²) >= 11 is 1.78. The Labute approximate surface area is 126 Å². The van der Waals surface area contributed by atoms with Gasteiger partial charge in [0.05, 0.1) is 6.04 Å². The van der Waals surface area contributed by atoms with Gasteiger partial charge in [0.1, 0.15) is 0 Å². The summed E-state index contributed by atoms with van der Waals surface area (Å²) in [5.41, 5.74) is 1.94. The Hall–Kier alpha value is -2.01. The molecule has 21 heavy (non-hydrogen) atoms. The maximum atomic E-state index is 12.8. The molecule has 0 saturated heterocycles. The highest BCUT2D eigenvalue weighted by Crippen LogP contribution is 2.36. The molecule has 2 aliphatic rings. The summed E-state index contributed by atoms with van der Waals surface area (Å²) in [5.74, 6) is 1.41. The minimum absolute atomic E-state index is 0.0534. The van der Waals surface area contributed by atoms with E-state index in [1.54, 1.807) is 23.5 Å². The van der Waals surface area contributed by atoms with Crippen LogP contribution in [0.1, 0.15) is 33.8 Å². The fraction of sp³-hybridized carbons (Fsp3) is 0.312. The minimum Gasteiger partial charge on any atom is -0.454 e. The molecule has 4 nitrogen and oxygen atoms in total. The summed E-state index contributed by atoms with van der Waals surface area (Å²) < 4.78 is 10.6. The molecule has 5 heteroatoms. The molecule has 0 spiro atoms. The van der Waals surface area contributed by atoms with E-state index in [-0.39, 0.29) is 18.7 Å². The van der Waals surface area contributed by atoms with Gasteiger partial charge in [0, 0.05) is 17.0 Å². The van der Waals surface area contributed by atoms with Crippen LogP contribution in [0.15, 0.2) is 29.6 Å². The average Bonchev–Trinajstić information content (AvgIpc) is 3.15. The van der Waals surface area contributed by atoms with Gasteiger partial charge < -0.3 is 14.4 Å². The number of hydrogen-bond donors (Lipinski definition) is 0. The van der Waals surface area contributed by atoms with E-state index in [0.717, 1.165) is 13.0 Å². The smallest absolute Gasteiger partial charge is 0.254 e. The first-order valence-corrected chi connectivity index (χ1v) is 7.89. The van der Waals surface area contributed by atoms with Crippen LogP contribution in [-0.4, -0.2) is 24.1 Å². The normalized spacial score (nSPS) is 19.5. The van der Waals surface area contributed by atoms with Gasteiger partial charge in [0.25, 0.3) is 5.91 Å². The minimum atomic E-state index is 0.0534. The molecule has 1 aromatic heterocycles. The second kappa shape index (κ2) is 4.77. The second-order valence-electron chi connectivity index (χ2n) is 5.29. The van der Waals surface area contributed by atoms with Crippen molar-refractivity contribution in [3.63, 3.8) is 0 Å². The van der Waals surface area contributed by atoms with E-state index in [1.165, 1.54) is 10.4 Å². The third kappa shape index (κ3) is 2.00. The van der Waals surface area contributed by atoms with Crippen molar-refractivity contribution in [1.82, 2.24) is 4.90 Å². The second-order valence-corrected chi connectivity index (χ2v) is 6.29. The molecule has 3 heterocycles. The molecule has 0 fully saturated rings. The molecule has 0 radical (unpaired) electrons. The van der Waals surface area contributed by atoms with E-state index in [9.17, 15) is 4.79 Å². The Morgan fingerprint density at radius 1 is 1.29 bits per heavy atom. The molecular weight excluding hydrogens is 286 g/mol. The number of amides is 1. The first kappa shape index (κ1) is 12.7. The molecule has 0 bridgehead atoms. The van der Waals surface area contributed by atoms with Crippen molar-refractivity contribution < 1.29 is 14.3 Å². The number of hydrogen-bond acceptors (Lipinski definition) is 4. The number of ether oxygens (including phenoxy) is 2. The van der Waals surface area contributed by atoms with Crippen molar-refractivity contribution in [2.24, 2.45) is 0 Å². The highest BCUT2D eigenvalue weighted by Gasteiger charge is 2.29. The molecule has 2 aromatic rings. The van der Waals surface area contributed by atoms with Gasteiger partial charge in [-0.1, -0.05) is 0 Å². The number of benzene rings is 1. The lowest BCUT2D eigenvalue weighted by atomic mass is 10.0. The van der Waals surface area contributed by atoms with E-state index >= 15 is 0 Å². The molecule has 0 N–H and O–H groups in total. The van der Waals surface area contributed by atoms with Crippen LogP contribution in [-0.2, 0) is 6.42 Å². The number of carbonyl (C=O) groups excluding carboxylic acids is 1. The predicted octanol–water partition coefficient (Wildman–Crippen LogP) is 3.24. The molecule has 0 unspecified atom stereocenters. The standard InChI is InChI=1S/C16H15NO3S/c1-10-12-5-7-21-15(12)4-6-17(10)16(18)11-2-3-13-14(8-11)20-9-19-13/h2-3,5,7-8,10H,4,6,9H2,1H3/t10-/m1/s1. The van der Waals surface area contributed by atoms with Crippen LogP contribution in [0.25, 0.3) is 0 Å². The van der Waals surface area contributed by atoms with Gasteiger partial charge in [-0.3, -0.25) is 4.79 Å². The van der Waals surface area contributed by atoms with Crippen LogP contribution in [0.2, 0.25) is 0 Å². The van der Waals surface area contributed by atoms with Crippen LogP contribution >= 0.6 is 11.3 Å². The van der Waals surface area contributed by atoms with Crippen LogP contribution in [0, 0.1) is 0 Å². The van der Waals surface area contributed by atoms with Crippen LogP contribution in [0.4, 0.5) is 0 Å². The summed E-state index contributed by atoms with van der Waals surface area (Å²) in [6.07, 6.45) is 0.938. The monoisotopic (exact) mass is 301 g/mol. The predicted molar refractivity (Wildman–Crippen MR) is 80.0 cm³/mol. The number of carbonyl (C=O) groups is 1. The lowest BCUT2D eigenvalue weighted by Crippen LogP contribution is -2.38. The number of fused-ring (bicyclic) bond motifs is 2. The molecular formula is C16H15NO3S. The van der Waals surface area contributed by atoms with Crippen molar-refractivity contribution in [2.45, 2.75) is 19.4 Å². The van der Waals surface area contributed by atoms with E-state index < -0.39 is 0 Å². The van der Waals surface area contributed by atoms with Crippen LogP contribution in [0.5, 0.6) is 11.5 Å². The van der Waals surface area contributed by atoms with Crippen molar-refractivity contribution in [1.29, 1.82) is 0 Å². The Balaban J connectivity index is 1.63. The van der Waals surface area contributed by atoms with Gasteiger partial charge in [-0.05, 0) is 48.6 Å². The number of rotatable bonds is 1. The maximum absolute atomic E-state index is 12.8. The molecule has 0 aliphatic carbocycles. The first-order valence-electron chi connectivity index (χ1n) is 7.01. The Morgan fingerprint density at radius 3 is 3.05 bits per heavy atom. The molecule has 108 valence electrons. The van der Waals surface area contributed by atoms with Crippen molar-refractivity contribution >= 4 is 17.2 Å². The van der Waals surface area contributed by atoms with Gasteiger partial charge in [-0.25, -0.2) is 0 Å². The third-order valence-electron chi connectivity index (χ3n) is 4.16. The molecule has 2 aliphatic heterocycles. The van der Waals surface area contributed by atoms with Crippen molar-refractivity contribution in [3.8, 4) is 11.5 Å². The first-order chi connectivity index (χ1) is 10.2. The summed E-state index contributed by atoms with van der Waals surface area (Å²) in [5, 5.41) is 2.11. The molecule has 4 rings (SSSR count). The fourth-order valence-corrected chi connectivity index (χ4v) is 3.95. The van der Waals surface area contributed by atoms with E-state index in [0.29, 0.717) is 17.1 Å².